The smallest absolute Gasteiger partial charge is 0.252 e. The van der Waals surface area contributed by atoms with E-state index < -0.39 is 0 Å². The summed E-state index contributed by atoms with van der Waals surface area (Å²) >= 11 is 0. The molecule has 0 saturated carbocycles. The fourth-order valence-electron chi connectivity index (χ4n) is 4.38. The SMILES string of the molecule is CCOc1cc(CN2CCCC(c3cc(=O)[nH]c(N4CCCC4)n3)C2)ccc1O. The Kier molecular flexibility index (Phi) is 6.04. The molecule has 4 rings (SSSR count). The van der Waals surface area contributed by atoms with Crippen molar-refractivity contribution in [2.45, 2.75) is 45.1 Å². The van der Waals surface area contributed by atoms with Crippen molar-refractivity contribution < 1.29 is 9.84 Å². The van der Waals surface area contributed by atoms with Gasteiger partial charge in [0.15, 0.2) is 11.5 Å². The van der Waals surface area contributed by atoms with Crippen LogP contribution < -0.4 is 15.2 Å². The Bertz CT molecular complexity index is 892. The Labute approximate surface area is 171 Å². The third-order valence-corrected chi connectivity index (χ3v) is 5.81. The number of rotatable bonds is 6. The average molecular weight is 399 g/mol. The highest BCUT2D eigenvalue weighted by molar-refractivity contribution is 5.41. The Hall–Kier alpha value is -2.54. The van der Waals surface area contributed by atoms with Crippen molar-refractivity contribution in [3.05, 3.63) is 45.9 Å². The van der Waals surface area contributed by atoms with E-state index in [4.69, 9.17) is 9.72 Å². The maximum absolute atomic E-state index is 12.2. The second-order valence-corrected chi connectivity index (χ2v) is 8.00. The lowest BCUT2D eigenvalue weighted by Gasteiger charge is -2.32. The van der Waals surface area contributed by atoms with E-state index in [0.29, 0.717) is 12.4 Å². The largest absolute Gasteiger partial charge is 0.504 e. The molecular formula is C22H30N4O3. The quantitative estimate of drug-likeness (QED) is 0.779. The van der Waals surface area contributed by atoms with Crippen LogP contribution in [0.1, 0.15) is 49.8 Å². The third-order valence-electron chi connectivity index (χ3n) is 5.81. The average Bonchev–Trinajstić information content (AvgIpc) is 3.25. The zero-order valence-electron chi connectivity index (χ0n) is 17.1. The molecule has 0 amide bonds. The van der Waals surface area contributed by atoms with Gasteiger partial charge >= 0.3 is 0 Å². The minimum Gasteiger partial charge on any atom is -0.504 e. The number of hydrogen-bond acceptors (Lipinski definition) is 6. The van der Waals surface area contributed by atoms with E-state index in [9.17, 15) is 9.90 Å². The lowest BCUT2D eigenvalue weighted by atomic mass is 9.94. The number of anilines is 1. The van der Waals surface area contributed by atoms with Crippen molar-refractivity contribution in [3.63, 3.8) is 0 Å². The number of likely N-dealkylation sites (tertiary alicyclic amines) is 1. The summed E-state index contributed by atoms with van der Waals surface area (Å²) < 4.78 is 5.51. The van der Waals surface area contributed by atoms with Crippen molar-refractivity contribution in [3.8, 4) is 11.5 Å². The van der Waals surface area contributed by atoms with Gasteiger partial charge in [0, 0.05) is 38.2 Å². The molecule has 156 valence electrons. The van der Waals surface area contributed by atoms with Crippen LogP contribution in [0, 0.1) is 0 Å². The highest BCUT2D eigenvalue weighted by atomic mass is 16.5. The molecule has 2 N–H and O–H groups in total. The summed E-state index contributed by atoms with van der Waals surface area (Å²) in [6.45, 7) is 7.05. The molecule has 2 fully saturated rings. The molecule has 1 atom stereocenters. The number of benzene rings is 1. The summed E-state index contributed by atoms with van der Waals surface area (Å²) in [7, 11) is 0. The van der Waals surface area contributed by atoms with Gasteiger partial charge in [0.1, 0.15) is 0 Å². The third kappa shape index (κ3) is 4.72. The topological polar surface area (TPSA) is 81.7 Å². The van der Waals surface area contributed by atoms with Crippen molar-refractivity contribution in [1.29, 1.82) is 0 Å². The summed E-state index contributed by atoms with van der Waals surface area (Å²) in [6, 6.07) is 7.22. The predicted octanol–water partition coefficient (Wildman–Crippen LogP) is 2.85. The van der Waals surface area contributed by atoms with Crippen LogP contribution in [-0.2, 0) is 6.54 Å². The fourth-order valence-corrected chi connectivity index (χ4v) is 4.38. The second-order valence-electron chi connectivity index (χ2n) is 8.00. The van der Waals surface area contributed by atoms with Gasteiger partial charge in [-0.3, -0.25) is 14.7 Å². The van der Waals surface area contributed by atoms with Gasteiger partial charge in [-0.15, -0.1) is 0 Å². The second kappa shape index (κ2) is 8.86. The molecule has 1 unspecified atom stereocenters. The molecular weight excluding hydrogens is 368 g/mol. The number of phenolic OH excluding ortho intramolecular Hbond substituents is 1. The van der Waals surface area contributed by atoms with Gasteiger partial charge in [-0.25, -0.2) is 4.98 Å². The number of aromatic nitrogens is 2. The van der Waals surface area contributed by atoms with Crippen LogP contribution in [0.3, 0.4) is 0 Å². The van der Waals surface area contributed by atoms with Crippen molar-refractivity contribution >= 4 is 5.95 Å². The first-order valence-electron chi connectivity index (χ1n) is 10.7. The summed E-state index contributed by atoms with van der Waals surface area (Å²) in [6.07, 6.45) is 4.43. The minimum atomic E-state index is -0.0612. The van der Waals surface area contributed by atoms with E-state index in [1.165, 1.54) is 0 Å². The van der Waals surface area contributed by atoms with Gasteiger partial charge in [-0.1, -0.05) is 6.07 Å². The van der Waals surface area contributed by atoms with E-state index in [-0.39, 0.29) is 17.2 Å². The van der Waals surface area contributed by atoms with Crippen molar-refractivity contribution in [2.24, 2.45) is 0 Å². The van der Waals surface area contributed by atoms with E-state index in [0.717, 1.165) is 75.6 Å². The monoisotopic (exact) mass is 398 g/mol. The Morgan fingerprint density at radius 3 is 2.83 bits per heavy atom. The van der Waals surface area contributed by atoms with Gasteiger partial charge in [0.2, 0.25) is 5.95 Å². The molecule has 1 aromatic carbocycles. The van der Waals surface area contributed by atoms with Gasteiger partial charge in [-0.05, 0) is 56.8 Å². The van der Waals surface area contributed by atoms with Gasteiger partial charge in [0.25, 0.3) is 5.56 Å². The normalized spacial score (nSPS) is 20.2. The van der Waals surface area contributed by atoms with E-state index in [2.05, 4.69) is 14.8 Å². The summed E-state index contributed by atoms with van der Waals surface area (Å²) in [4.78, 5) is 24.5. The zero-order valence-corrected chi connectivity index (χ0v) is 17.1. The highest BCUT2D eigenvalue weighted by Crippen LogP contribution is 2.30. The van der Waals surface area contributed by atoms with E-state index in [1.54, 1.807) is 12.1 Å². The van der Waals surface area contributed by atoms with E-state index >= 15 is 0 Å². The molecule has 2 saturated heterocycles. The number of H-pyrrole nitrogens is 1. The number of nitrogens with one attached hydrogen (secondary N) is 1. The molecule has 0 spiro atoms. The first kappa shape index (κ1) is 19.8. The molecule has 0 aliphatic carbocycles. The molecule has 0 radical (unpaired) electrons. The number of phenols is 1. The van der Waals surface area contributed by atoms with Crippen molar-refractivity contribution in [2.75, 3.05) is 37.7 Å². The summed E-state index contributed by atoms with van der Waals surface area (Å²) in [5, 5.41) is 9.92. The molecule has 2 aromatic rings. The van der Waals surface area contributed by atoms with Gasteiger partial charge < -0.3 is 14.7 Å². The van der Waals surface area contributed by atoms with Crippen molar-refractivity contribution in [1.82, 2.24) is 14.9 Å². The van der Waals surface area contributed by atoms with Crippen LogP contribution in [0.2, 0.25) is 0 Å². The molecule has 2 aliphatic rings. The van der Waals surface area contributed by atoms with Crippen LogP contribution in [0.15, 0.2) is 29.1 Å². The van der Waals surface area contributed by atoms with Gasteiger partial charge in [-0.2, -0.15) is 0 Å². The first-order chi connectivity index (χ1) is 14.1. The van der Waals surface area contributed by atoms with Crippen LogP contribution in [0.5, 0.6) is 11.5 Å². The number of piperidine rings is 1. The lowest BCUT2D eigenvalue weighted by molar-refractivity contribution is 0.198. The maximum Gasteiger partial charge on any atom is 0.252 e. The highest BCUT2D eigenvalue weighted by Gasteiger charge is 2.24. The lowest BCUT2D eigenvalue weighted by Crippen LogP contribution is -2.35. The molecule has 1 aromatic heterocycles. The maximum atomic E-state index is 12.2. The Morgan fingerprint density at radius 1 is 1.21 bits per heavy atom. The van der Waals surface area contributed by atoms with Gasteiger partial charge in [0.05, 0.1) is 12.3 Å². The van der Waals surface area contributed by atoms with E-state index in [1.807, 2.05) is 19.1 Å². The number of aromatic amines is 1. The molecule has 7 heteroatoms. The predicted molar refractivity (Wildman–Crippen MR) is 113 cm³/mol. The molecule has 2 aliphatic heterocycles. The van der Waals surface area contributed by atoms with Crippen LogP contribution in [0.25, 0.3) is 0 Å². The first-order valence-corrected chi connectivity index (χ1v) is 10.7. The van der Waals surface area contributed by atoms with Crippen LogP contribution in [0.4, 0.5) is 5.95 Å². The minimum absolute atomic E-state index is 0.0612. The number of hydrogen-bond donors (Lipinski definition) is 2. The Balaban J connectivity index is 1.47. The van der Waals surface area contributed by atoms with Crippen LogP contribution >= 0.6 is 0 Å². The fraction of sp³-hybridized carbons (Fsp3) is 0.545. The standard InChI is InChI=1S/C22H30N4O3/c1-2-29-20-12-16(7-8-19(20)27)14-25-9-5-6-17(15-25)18-13-21(28)24-22(23-18)26-10-3-4-11-26/h7-8,12-13,17,27H,2-6,9-11,14-15H2,1H3,(H,23,24,28). The number of nitrogens with zero attached hydrogens (tertiary/aromatic N) is 3. The number of ether oxygens (including phenoxy) is 1. The molecule has 3 heterocycles. The zero-order chi connectivity index (χ0) is 20.2. The molecule has 29 heavy (non-hydrogen) atoms. The summed E-state index contributed by atoms with van der Waals surface area (Å²) in [5.74, 6) is 1.69. The Morgan fingerprint density at radius 2 is 2.03 bits per heavy atom. The molecule has 0 bridgehead atoms. The summed E-state index contributed by atoms with van der Waals surface area (Å²) in [5.41, 5.74) is 1.96. The number of aromatic hydroxyl groups is 1. The van der Waals surface area contributed by atoms with Crippen LogP contribution in [-0.4, -0.2) is 52.8 Å². The molecule has 7 nitrogen and oxygen atoms in total.